The fraction of sp³-hybridized carbons (Fsp3) is 0.400. The normalized spacial score (nSPS) is 15.9. The molecular weight excluding hydrogens is 398 g/mol. The molecule has 8 heteroatoms. The average molecular weight is 424 g/mol. The Kier molecular flexibility index (Phi) is 6.37. The minimum atomic E-state index is -3.38. The smallest absolute Gasteiger partial charge is 0.177 e. The van der Waals surface area contributed by atoms with E-state index in [0.717, 1.165) is 37.4 Å². The van der Waals surface area contributed by atoms with Crippen LogP contribution in [0.3, 0.4) is 0 Å². The fourth-order valence-electron chi connectivity index (χ4n) is 3.43. The number of benzene rings is 2. The van der Waals surface area contributed by atoms with Crippen molar-refractivity contribution in [1.29, 1.82) is 0 Å². The van der Waals surface area contributed by atoms with Crippen LogP contribution in [0.5, 0.6) is 5.75 Å². The number of sulfone groups is 1. The van der Waals surface area contributed by atoms with Crippen LogP contribution in [0.2, 0.25) is 5.02 Å². The summed E-state index contributed by atoms with van der Waals surface area (Å²) in [5, 5.41) is 7.28. The molecular formula is C20H26ClN3O3S. The summed E-state index contributed by atoms with van der Waals surface area (Å²) in [6.07, 6.45) is 1.22. The van der Waals surface area contributed by atoms with E-state index < -0.39 is 9.84 Å². The molecule has 2 aromatic rings. The summed E-state index contributed by atoms with van der Waals surface area (Å²) in [6.45, 7) is 5.54. The molecule has 0 saturated carbocycles. The van der Waals surface area contributed by atoms with Gasteiger partial charge in [-0.2, -0.15) is 0 Å². The van der Waals surface area contributed by atoms with Crippen LogP contribution in [0.4, 0.5) is 11.4 Å². The Morgan fingerprint density at radius 3 is 2.54 bits per heavy atom. The Morgan fingerprint density at radius 1 is 1.18 bits per heavy atom. The van der Waals surface area contributed by atoms with Gasteiger partial charge in [0.15, 0.2) is 9.84 Å². The van der Waals surface area contributed by atoms with E-state index in [-0.39, 0.29) is 10.9 Å². The van der Waals surface area contributed by atoms with Crippen LogP contribution < -0.4 is 20.3 Å². The first-order valence-corrected chi connectivity index (χ1v) is 11.5. The van der Waals surface area contributed by atoms with E-state index in [1.165, 1.54) is 6.26 Å². The van der Waals surface area contributed by atoms with Gasteiger partial charge in [-0.15, -0.1) is 0 Å². The molecule has 0 bridgehead atoms. The van der Waals surface area contributed by atoms with Crippen molar-refractivity contribution in [3.05, 3.63) is 47.0 Å². The molecule has 0 aromatic heterocycles. The summed E-state index contributed by atoms with van der Waals surface area (Å²) in [6, 6.07) is 10.7. The van der Waals surface area contributed by atoms with Crippen molar-refractivity contribution in [2.45, 2.75) is 17.9 Å². The Labute approximate surface area is 171 Å². The number of rotatable bonds is 6. The molecule has 1 fully saturated rings. The molecule has 0 aliphatic carbocycles. The molecule has 1 atom stereocenters. The first kappa shape index (κ1) is 20.8. The quantitative estimate of drug-likeness (QED) is 0.742. The summed E-state index contributed by atoms with van der Waals surface area (Å²) >= 11 is 6.16. The molecule has 1 aliphatic heterocycles. The van der Waals surface area contributed by atoms with Gasteiger partial charge in [0, 0.05) is 48.7 Å². The van der Waals surface area contributed by atoms with Crippen molar-refractivity contribution in [1.82, 2.24) is 5.32 Å². The number of piperazine rings is 1. The van der Waals surface area contributed by atoms with E-state index in [1.807, 2.05) is 31.2 Å². The predicted molar refractivity (Wildman–Crippen MR) is 115 cm³/mol. The topological polar surface area (TPSA) is 70.7 Å². The molecule has 0 amide bonds. The van der Waals surface area contributed by atoms with Gasteiger partial charge >= 0.3 is 0 Å². The van der Waals surface area contributed by atoms with Gasteiger partial charge in [0.1, 0.15) is 5.75 Å². The maximum Gasteiger partial charge on any atom is 0.177 e. The number of nitrogens with one attached hydrogen (secondary N) is 2. The second-order valence-corrected chi connectivity index (χ2v) is 9.36. The molecule has 2 aromatic carbocycles. The summed E-state index contributed by atoms with van der Waals surface area (Å²) < 4.78 is 30.1. The lowest BCUT2D eigenvalue weighted by atomic mass is 10.1. The number of ether oxygens (including phenoxy) is 1. The standard InChI is InChI=1S/C20H26ClN3O3S/c1-14(17-12-15(21)4-6-19(17)27-2)23-18-13-16(24-10-8-22-9-11-24)5-7-20(18)28(3,25)26/h4-7,12-14,22-23H,8-11H2,1-3H3. The maximum absolute atomic E-state index is 12.3. The Bertz CT molecular complexity index is 944. The van der Waals surface area contributed by atoms with E-state index in [0.29, 0.717) is 16.5 Å². The zero-order valence-electron chi connectivity index (χ0n) is 16.3. The van der Waals surface area contributed by atoms with Gasteiger partial charge in [0.25, 0.3) is 0 Å². The second-order valence-electron chi connectivity index (χ2n) is 6.94. The van der Waals surface area contributed by atoms with Gasteiger partial charge in [-0.25, -0.2) is 8.42 Å². The van der Waals surface area contributed by atoms with E-state index >= 15 is 0 Å². The first-order valence-electron chi connectivity index (χ1n) is 9.19. The van der Waals surface area contributed by atoms with E-state index in [9.17, 15) is 8.42 Å². The van der Waals surface area contributed by atoms with E-state index in [2.05, 4.69) is 15.5 Å². The minimum Gasteiger partial charge on any atom is -0.496 e. The number of halogens is 1. The first-order chi connectivity index (χ1) is 13.3. The molecule has 0 radical (unpaired) electrons. The third kappa shape index (κ3) is 4.71. The van der Waals surface area contributed by atoms with Gasteiger partial charge < -0.3 is 20.3 Å². The number of methoxy groups -OCH3 is 1. The van der Waals surface area contributed by atoms with Crippen molar-refractivity contribution >= 4 is 32.8 Å². The van der Waals surface area contributed by atoms with Crippen molar-refractivity contribution in [3.8, 4) is 5.75 Å². The van der Waals surface area contributed by atoms with Crippen LogP contribution >= 0.6 is 11.6 Å². The largest absolute Gasteiger partial charge is 0.496 e. The molecule has 152 valence electrons. The van der Waals surface area contributed by atoms with Crippen molar-refractivity contribution in [2.75, 3.05) is 49.8 Å². The highest BCUT2D eigenvalue weighted by molar-refractivity contribution is 7.90. The zero-order chi connectivity index (χ0) is 20.3. The van der Waals surface area contributed by atoms with Gasteiger partial charge in [0.2, 0.25) is 0 Å². The third-order valence-electron chi connectivity index (χ3n) is 4.88. The molecule has 1 saturated heterocycles. The number of nitrogens with zero attached hydrogens (tertiary/aromatic N) is 1. The van der Waals surface area contributed by atoms with Crippen LogP contribution in [0.15, 0.2) is 41.3 Å². The minimum absolute atomic E-state index is 0.201. The Balaban J connectivity index is 1.97. The van der Waals surface area contributed by atoms with Crippen LogP contribution in [0.1, 0.15) is 18.5 Å². The lowest BCUT2D eigenvalue weighted by Crippen LogP contribution is -2.43. The Morgan fingerprint density at radius 2 is 1.89 bits per heavy atom. The maximum atomic E-state index is 12.3. The SMILES string of the molecule is COc1ccc(Cl)cc1C(C)Nc1cc(N2CCNCC2)ccc1S(C)(=O)=O. The van der Waals surface area contributed by atoms with Gasteiger partial charge in [-0.1, -0.05) is 11.6 Å². The highest BCUT2D eigenvalue weighted by atomic mass is 35.5. The van der Waals surface area contributed by atoms with Crippen LogP contribution in [0, 0.1) is 0 Å². The molecule has 28 heavy (non-hydrogen) atoms. The molecule has 2 N–H and O–H groups in total. The zero-order valence-corrected chi connectivity index (χ0v) is 17.9. The molecule has 1 heterocycles. The van der Waals surface area contributed by atoms with E-state index in [1.54, 1.807) is 19.2 Å². The number of anilines is 2. The highest BCUT2D eigenvalue weighted by Gasteiger charge is 2.20. The van der Waals surface area contributed by atoms with Crippen molar-refractivity contribution in [3.63, 3.8) is 0 Å². The van der Waals surface area contributed by atoms with Crippen molar-refractivity contribution < 1.29 is 13.2 Å². The summed E-state index contributed by atoms with van der Waals surface area (Å²) in [7, 11) is -1.78. The molecule has 1 aliphatic rings. The lowest BCUT2D eigenvalue weighted by Gasteiger charge is -2.30. The number of hydrogen-bond acceptors (Lipinski definition) is 6. The fourth-order valence-corrected chi connectivity index (χ4v) is 4.44. The van der Waals surface area contributed by atoms with Crippen LogP contribution in [-0.2, 0) is 9.84 Å². The van der Waals surface area contributed by atoms with Gasteiger partial charge in [0.05, 0.1) is 23.7 Å². The average Bonchev–Trinajstić information content (AvgIpc) is 2.67. The van der Waals surface area contributed by atoms with Crippen LogP contribution in [0.25, 0.3) is 0 Å². The molecule has 6 nitrogen and oxygen atoms in total. The molecule has 0 spiro atoms. The van der Waals surface area contributed by atoms with Crippen LogP contribution in [-0.4, -0.2) is 48.0 Å². The molecule has 3 rings (SSSR count). The predicted octanol–water partition coefficient (Wildman–Crippen LogP) is 3.33. The van der Waals surface area contributed by atoms with E-state index in [4.69, 9.17) is 16.3 Å². The van der Waals surface area contributed by atoms with Gasteiger partial charge in [-0.3, -0.25) is 0 Å². The van der Waals surface area contributed by atoms with Gasteiger partial charge in [-0.05, 0) is 43.3 Å². The number of hydrogen-bond donors (Lipinski definition) is 2. The summed E-state index contributed by atoms with van der Waals surface area (Å²) in [4.78, 5) is 2.53. The summed E-state index contributed by atoms with van der Waals surface area (Å²) in [5.41, 5.74) is 2.44. The summed E-state index contributed by atoms with van der Waals surface area (Å²) in [5.74, 6) is 0.698. The van der Waals surface area contributed by atoms with Crippen molar-refractivity contribution in [2.24, 2.45) is 0 Å². The second kappa shape index (κ2) is 8.59. The highest BCUT2D eigenvalue weighted by Crippen LogP contribution is 2.34. The Hall–Kier alpha value is -1.96. The third-order valence-corrected chi connectivity index (χ3v) is 6.27. The lowest BCUT2D eigenvalue weighted by molar-refractivity contribution is 0.408. The molecule has 1 unspecified atom stereocenters. The monoisotopic (exact) mass is 423 g/mol.